The molecule has 1 aliphatic heterocycles. The van der Waals surface area contributed by atoms with Crippen molar-refractivity contribution in [3.8, 4) is 0 Å². The van der Waals surface area contributed by atoms with Gasteiger partial charge in [-0.2, -0.15) is 5.10 Å². The van der Waals surface area contributed by atoms with Crippen molar-refractivity contribution in [1.82, 2.24) is 10.2 Å². The summed E-state index contributed by atoms with van der Waals surface area (Å²) in [6.07, 6.45) is 3.89. The van der Waals surface area contributed by atoms with Gasteiger partial charge in [-0.05, 0) is 30.2 Å². The molecule has 0 radical (unpaired) electrons. The van der Waals surface area contributed by atoms with Gasteiger partial charge in [0.25, 0.3) is 0 Å². The summed E-state index contributed by atoms with van der Waals surface area (Å²) in [6, 6.07) is 1.76. The Kier molecular flexibility index (Phi) is 3.73. The standard InChI is InChI=1S/C14H23N5/c1-14(2,3)10-5-8-19(9-6-10)13-11(12(15)16)4-7-17-18-13/h4,7,10H,5-6,8-9H2,1-3H3,(H3,15,16). The number of piperidine rings is 1. The van der Waals surface area contributed by atoms with Crippen molar-refractivity contribution in [1.29, 1.82) is 5.41 Å². The Hall–Kier alpha value is -1.65. The van der Waals surface area contributed by atoms with Gasteiger partial charge in [-0.3, -0.25) is 5.41 Å². The third-order valence-corrected chi connectivity index (χ3v) is 4.01. The van der Waals surface area contributed by atoms with Gasteiger partial charge in [-0.15, -0.1) is 5.10 Å². The van der Waals surface area contributed by atoms with Crippen molar-refractivity contribution < 1.29 is 0 Å². The third-order valence-electron chi connectivity index (χ3n) is 4.01. The van der Waals surface area contributed by atoms with Crippen molar-refractivity contribution in [2.24, 2.45) is 17.1 Å². The summed E-state index contributed by atoms with van der Waals surface area (Å²) in [5, 5.41) is 15.7. The van der Waals surface area contributed by atoms with E-state index in [1.165, 1.54) is 0 Å². The highest BCUT2D eigenvalue weighted by Crippen LogP contribution is 2.35. The largest absolute Gasteiger partial charge is 0.384 e. The molecule has 0 atom stereocenters. The molecule has 1 aliphatic rings. The molecule has 0 aromatic carbocycles. The van der Waals surface area contributed by atoms with Crippen LogP contribution in [-0.2, 0) is 0 Å². The molecule has 2 rings (SSSR count). The lowest BCUT2D eigenvalue weighted by Gasteiger charge is -2.39. The zero-order chi connectivity index (χ0) is 14.0. The fourth-order valence-electron chi connectivity index (χ4n) is 2.73. The number of nitrogen functional groups attached to an aromatic ring is 1. The SMILES string of the molecule is CC(C)(C)C1CCN(c2nnccc2C(=N)N)CC1. The Labute approximate surface area is 114 Å². The van der Waals surface area contributed by atoms with Crippen molar-refractivity contribution in [3.05, 3.63) is 17.8 Å². The summed E-state index contributed by atoms with van der Waals surface area (Å²) in [5.41, 5.74) is 6.65. The molecule has 5 heteroatoms. The molecular formula is C14H23N5. The lowest BCUT2D eigenvalue weighted by Crippen LogP contribution is -2.39. The number of nitrogens with two attached hydrogens (primary N) is 1. The molecule has 0 aliphatic carbocycles. The van der Waals surface area contributed by atoms with E-state index in [0.29, 0.717) is 11.0 Å². The highest BCUT2D eigenvalue weighted by molar-refractivity contribution is 5.99. The molecule has 19 heavy (non-hydrogen) atoms. The van der Waals surface area contributed by atoms with Gasteiger partial charge in [0.2, 0.25) is 0 Å². The van der Waals surface area contributed by atoms with Gasteiger partial charge in [0, 0.05) is 13.1 Å². The second kappa shape index (κ2) is 5.15. The maximum atomic E-state index is 7.62. The van der Waals surface area contributed by atoms with Gasteiger partial charge < -0.3 is 10.6 Å². The van der Waals surface area contributed by atoms with Gasteiger partial charge in [-0.25, -0.2) is 0 Å². The van der Waals surface area contributed by atoms with E-state index in [0.717, 1.165) is 37.7 Å². The minimum absolute atomic E-state index is 0.0582. The highest BCUT2D eigenvalue weighted by Gasteiger charge is 2.30. The summed E-state index contributed by atoms with van der Waals surface area (Å²) in [4.78, 5) is 2.20. The molecule has 1 aromatic rings. The lowest BCUT2D eigenvalue weighted by atomic mass is 9.75. The summed E-state index contributed by atoms with van der Waals surface area (Å²) in [7, 11) is 0. The fourth-order valence-corrected chi connectivity index (χ4v) is 2.73. The quantitative estimate of drug-likeness (QED) is 0.630. The summed E-state index contributed by atoms with van der Waals surface area (Å²) >= 11 is 0. The smallest absolute Gasteiger partial charge is 0.162 e. The van der Waals surface area contributed by atoms with E-state index in [4.69, 9.17) is 11.1 Å². The Morgan fingerprint density at radius 1 is 1.37 bits per heavy atom. The molecule has 1 saturated heterocycles. The Morgan fingerprint density at radius 2 is 2.00 bits per heavy atom. The molecule has 5 nitrogen and oxygen atoms in total. The maximum Gasteiger partial charge on any atom is 0.162 e. The van der Waals surface area contributed by atoms with Crippen LogP contribution in [0.15, 0.2) is 12.3 Å². The monoisotopic (exact) mass is 261 g/mol. The lowest BCUT2D eigenvalue weighted by molar-refractivity contribution is 0.198. The minimum atomic E-state index is 0.0582. The normalized spacial score (nSPS) is 17.5. The van der Waals surface area contributed by atoms with E-state index in [1.807, 2.05) is 0 Å². The highest BCUT2D eigenvalue weighted by atomic mass is 15.3. The molecule has 0 spiro atoms. The number of hydrogen-bond donors (Lipinski definition) is 2. The predicted octanol–water partition coefficient (Wildman–Crippen LogP) is 2.02. The van der Waals surface area contributed by atoms with Crippen molar-refractivity contribution in [2.45, 2.75) is 33.6 Å². The Balaban J connectivity index is 2.12. The number of hydrogen-bond acceptors (Lipinski definition) is 4. The van der Waals surface area contributed by atoms with Crippen LogP contribution in [0.5, 0.6) is 0 Å². The topological polar surface area (TPSA) is 78.9 Å². The van der Waals surface area contributed by atoms with Crippen LogP contribution in [0.1, 0.15) is 39.2 Å². The van der Waals surface area contributed by atoms with Crippen molar-refractivity contribution >= 4 is 11.7 Å². The number of rotatable bonds is 2. The van der Waals surface area contributed by atoms with Crippen LogP contribution < -0.4 is 10.6 Å². The first-order chi connectivity index (χ1) is 8.89. The molecular weight excluding hydrogens is 238 g/mol. The second-order valence-corrected chi connectivity index (χ2v) is 6.31. The van der Waals surface area contributed by atoms with E-state index >= 15 is 0 Å². The van der Waals surface area contributed by atoms with E-state index in [9.17, 15) is 0 Å². The first-order valence-electron chi connectivity index (χ1n) is 6.80. The number of anilines is 1. The average molecular weight is 261 g/mol. The second-order valence-electron chi connectivity index (χ2n) is 6.31. The van der Waals surface area contributed by atoms with Crippen molar-refractivity contribution in [2.75, 3.05) is 18.0 Å². The van der Waals surface area contributed by atoms with Crippen molar-refractivity contribution in [3.63, 3.8) is 0 Å². The molecule has 2 heterocycles. The summed E-state index contributed by atoms with van der Waals surface area (Å²) in [5.74, 6) is 1.55. The van der Waals surface area contributed by atoms with Crippen LogP contribution in [0.2, 0.25) is 0 Å². The zero-order valence-corrected chi connectivity index (χ0v) is 12.0. The van der Waals surface area contributed by atoms with Gasteiger partial charge >= 0.3 is 0 Å². The van der Waals surface area contributed by atoms with Gasteiger partial charge in [-0.1, -0.05) is 20.8 Å². The summed E-state index contributed by atoms with van der Waals surface area (Å²) in [6.45, 7) is 8.83. The molecule has 104 valence electrons. The molecule has 1 aromatic heterocycles. The van der Waals surface area contributed by atoms with E-state index in [1.54, 1.807) is 12.3 Å². The minimum Gasteiger partial charge on any atom is -0.384 e. The van der Waals surface area contributed by atoms with E-state index in [-0.39, 0.29) is 5.84 Å². The van der Waals surface area contributed by atoms with Crippen LogP contribution in [0, 0.1) is 16.7 Å². The maximum absolute atomic E-state index is 7.62. The van der Waals surface area contributed by atoms with Gasteiger partial charge in [0.1, 0.15) is 5.84 Å². The first kappa shape index (κ1) is 13.8. The van der Waals surface area contributed by atoms with E-state index in [2.05, 4.69) is 35.9 Å². The van der Waals surface area contributed by atoms with Crippen LogP contribution in [0.4, 0.5) is 5.82 Å². The zero-order valence-electron chi connectivity index (χ0n) is 12.0. The van der Waals surface area contributed by atoms with Crippen LogP contribution in [0.3, 0.4) is 0 Å². The molecule has 0 saturated carbocycles. The Morgan fingerprint density at radius 3 is 2.53 bits per heavy atom. The van der Waals surface area contributed by atoms with Crippen LogP contribution in [0.25, 0.3) is 0 Å². The van der Waals surface area contributed by atoms with Gasteiger partial charge in [0.05, 0.1) is 11.8 Å². The molecule has 3 N–H and O–H groups in total. The fraction of sp³-hybridized carbons (Fsp3) is 0.643. The number of nitrogens with zero attached hydrogens (tertiary/aromatic N) is 3. The number of amidine groups is 1. The first-order valence-corrected chi connectivity index (χ1v) is 6.80. The summed E-state index contributed by atoms with van der Waals surface area (Å²) < 4.78 is 0. The molecule has 0 amide bonds. The number of aromatic nitrogens is 2. The van der Waals surface area contributed by atoms with Crippen LogP contribution >= 0.6 is 0 Å². The van der Waals surface area contributed by atoms with Gasteiger partial charge in [0.15, 0.2) is 5.82 Å². The predicted molar refractivity (Wildman–Crippen MR) is 77.4 cm³/mol. The molecule has 0 unspecified atom stereocenters. The molecule has 1 fully saturated rings. The Bertz CT molecular complexity index is 455. The molecule has 0 bridgehead atoms. The van der Waals surface area contributed by atoms with Crippen LogP contribution in [-0.4, -0.2) is 29.1 Å². The average Bonchev–Trinajstić information content (AvgIpc) is 2.38. The number of nitrogens with one attached hydrogen (secondary N) is 1. The third kappa shape index (κ3) is 3.03. The van der Waals surface area contributed by atoms with E-state index < -0.39 is 0 Å².